The summed E-state index contributed by atoms with van der Waals surface area (Å²) in [5.74, 6) is -2.59. The fourth-order valence-electron chi connectivity index (χ4n) is 2.16. The highest BCUT2D eigenvalue weighted by atomic mass is 35.5. The van der Waals surface area contributed by atoms with Crippen LogP contribution in [0.3, 0.4) is 0 Å². The fraction of sp³-hybridized carbons (Fsp3) is 0.222. The Morgan fingerprint density at radius 2 is 1.81 bits per heavy atom. The smallest absolute Gasteiger partial charge is 0.414 e. The van der Waals surface area contributed by atoms with Gasteiger partial charge in [0.15, 0.2) is 22.5 Å². The number of hydrogen-bond acceptors (Lipinski definition) is 9. The average molecular weight is 450 g/mol. The van der Waals surface area contributed by atoms with Crippen LogP contribution in [0.25, 0.3) is 0 Å². The van der Waals surface area contributed by atoms with Crippen LogP contribution in [0.2, 0.25) is 5.15 Å². The van der Waals surface area contributed by atoms with Crippen molar-refractivity contribution in [3.8, 4) is 0 Å². The summed E-state index contributed by atoms with van der Waals surface area (Å²) in [4.78, 5) is 46.7. The Kier molecular flexibility index (Phi) is 8.52. The van der Waals surface area contributed by atoms with E-state index in [1.54, 1.807) is 24.3 Å². The van der Waals surface area contributed by atoms with Crippen LogP contribution in [0.15, 0.2) is 35.3 Å². The zero-order valence-electron chi connectivity index (χ0n) is 16.2. The minimum Gasteiger partial charge on any atom is -0.481 e. The molecular weight excluding hydrogens is 430 g/mol. The van der Waals surface area contributed by atoms with E-state index in [1.165, 1.54) is 0 Å². The summed E-state index contributed by atoms with van der Waals surface area (Å²) in [5.41, 5.74) is 11.5. The van der Waals surface area contributed by atoms with Crippen molar-refractivity contribution in [3.63, 3.8) is 0 Å². The lowest BCUT2D eigenvalue weighted by atomic mass is 10.2. The van der Waals surface area contributed by atoms with Gasteiger partial charge in [0, 0.05) is 13.0 Å². The van der Waals surface area contributed by atoms with E-state index in [2.05, 4.69) is 25.6 Å². The highest BCUT2D eigenvalue weighted by Gasteiger charge is 2.19. The molecule has 0 unspecified atom stereocenters. The third-order valence-electron chi connectivity index (χ3n) is 3.60. The van der Waals surface area contributed by atoms with Gasteiger partial charge < -0.3 is 21.3 Å². The molecule has 0 aliphatic heterocycles. The van der Waals surface area contributed by atoms with Crippen LogP contribution in [0.1, 0.15) is 28.9 Å². The predicted octanol–water partition coefficient (Wildman–Crippen LogP) is 1.17. The van der Waals surface area contributed by atoms with Crippen LogP contribution in [-0.2, 0) is 16.1 Å². The van der Waals surface area contributed by atoms with Crippen LogP contribution in [0, 0.1) is 0 Å². The number of aliphatic carboxylic acids is 1. The number of nitrogens with one attached hydrogen (secondary N) is 2. The third-order valence-corrected chi connectivity index (χ3v) is 3.88. The lowest BCUT2D eigenvalue weighted by molar-refractivity contribution is -0.137. The molecule has 1 aromatic heterocycles. The van der Waals surface area contributed by atoms with Crippen LogP contribution < -0.4 is 22.1 Å². The number of aromatic nitrogens is 2. The van der Waals surface area contributed by atoms with E-state index >= 15 is 0 Å². The Hall–Kier alpha value is -3.93. The molecule has 0 saturated carbocycles. The Balaban J connectivity index is 2.07. The molecule has 0 atom stereocenters. The van der Waals surface area contributed by atoms with Gasteiger partial charge in [-0.3, -0.25) is 25.2 Å². The topological polar surface area (TPSA) is 195 Å². The highest BCUT2D eigenvalue weighted by Crippen LogP contribution is 2.17. The minimum atomic E-state index is -1.00. The number of nitrogen functional groups attached to an aromatic ring is 2. The second-order valence-corrected chi connectivity index (χ2v) is 6.36. The number of benzene rings is 1. The first-order valence-electron chi connectivity index (χ1n) is 8.90. The lowest BCUT2D eigenvalue weighted by Crippen LogP contribution is -2.44. The number of halogens is 1. The van der Waals surface area contributed by atoms with Gasteiger partial charge in [0.1, 0.15) is 6.61 Å². The molecule has 0 aliphatic rings. The minimum absolute atomic E-state index is 0.00450. The van der Waals surface area contributed by atoms with Crippen molar-refractivity contribution in [2.24, 2.45) is 4.99 Å². The van der Waals surface area contributed by atoms with Crippen molar-refractivity contribution in [1.29, 1.82) is 0 Å². The van der Waals surface area contributed by atoms with E-state index in [1.807, 2.05) is 6.07 Å². The van der Waals surface area contributed by atoms with Gasteiger partial charge in [-0.25, -0.2) is 14.8 Å². The number of carboxylic acid groups (broad SMARTS) is 1. The van der Waals surface area contributed by atoms with Gasteiger partial charge in [-0.2, -0.15) is 0 Å². The van der Waals surface area contributed by atoms with Gasteiger partial charge in [-0.05, 0) is 12.0 Å². The van der Waals surface area contributed by atoms with E-state index < -0.39 is 18.0 Å². The predicted molar refractivity (Wildman–Crippen MR) is 112 cm³/mol. The molecule has 2 amide bonds. The Bertz CT molecular complexity index is 985. The molecular formula is C18H20ClN7O5. The van der Waals surface area contributed by atoms with Crippen molar-refractivity contribution < 1.29 is 24.2 Å². The molecule has 1 aromatic carbocycles. The van der Waals surface area contributed by atoms with E-state index in [0.717, 1.165) is 5.56 Å². The Labute approximate surface area is 181 Å². The van der Waals surface area contributed by atoms with E-state index in [0.29, 0.717) is 0 Å². The maximum Gasteiger partial charge on any atom is 0.414 e. The van der Waals surface area contributed by atoms with Gasteiger partial charge >= 0.3 is 12.1 Å². The second-order valence-electron chi connectivity index (χ2n) is 6.00. The van der Waals surface area contributed by atoms with Crippen molar-refractivity contribution in [2.45, 2.75) is 19.4 Å². The number of rotatable bonds is 7. The number of guanidine groups is 1. The molecule has 0 spiro atoms. The van der Waals surface area contributed by atoms with Gasteiger partial charge in [0.05, 0.1) is 0 Å². The van der Waals surface area contributed by atoms with Crippen molar-refractivity contribution in [3.05, 3.63) is 46.7 Å². The highest BCUT2D eigenvalue weighted by molar-refractivity contribution is 6.31. The van der Waals surface area contributed by atoms with Gasteiger partial charge in [0.25, 0.3) is 5.91 Å². The quantitative estimate of drug-likeness (QED) is 0.234. The molecule has 13 heteroatoms. The molecule has 12 nitrogen and oxygen atoms in total. The Morgan fingerprint density at radius 3 is 2.48 bits per heavy atom. The van der Waals surface area contributed by atoms with Gasteiger partial charge in [-0.15, -0.1) is 0 Å². The van der Waals surface area contributed by atoms with Gasteiger partial charge in [0.2, 0.25) is 5.96 Å². The number of nitrogens with two attached hydrogens (primary N) is 2. The van der Waals surface area contributed by atoms with Gasteiger partial charge in [-0.1, -0.05) is 41.9 Å². The number of ether oxygens (including phenoxy) is 1. The van der Waals surface area contributed by atoms with Crippen molar-refractivity contribution >= 4 is 47.2 Å². The summed E-state index contributed by atoms with van der Waals surface area (Å²) in [6, 6.07) is 8.92. The number of nitrogens with zero attached hydrogens (tertiary/aromatic N) is 3. The first-order chi connectivity index (χ1) is 14.8. The zero-order valence-corrected chi connectivity index (χ0v) is 16.9. The van der Waals surface area contributed by atoms with Crippen molar-refractivity contribution in [2.75, 3.05) is 18.0 Å². The molecule has 0 aliphatic carbocycles. The fourth-order valence-corrected chi connectivity index (χ4v) is 2.29. The first-order valence-corrected chi connectivity index (χ1v) is 9.28. The molecule has 31 heavy (non-hydrogen) atoms. The van der Waals surface area contributed by atoms with E-state index in [-0.39, 0.29) is 54.4 Å². The number of alkyl carbamates (subject to hydrolysis) is 1. The summed E-state index contributed by atoms with van der Waals surface area (Å²) >= 11 is 5.77. The molecule has 0 saturated heterocycles. The summed E-state index contributed by atoms with van der Waals surface area (Å²) < 4.78 is 5.08. The number of amides is 2. The largest absolute Gasteiger partial charge is 0.481 e. The molecule has 0 radical (unpaired) electrons. The first kappa shape index (κ1) is 23.3. The molecule has 0 bridgehead atoms. The van der Waals surface area contributed by atoms with Crippen LogP contribution in [-0.4, -0.2) is 45.5 Å². The number of aliphatic imine (C=N–C) groups is 1. The summed E-state index contributed by atoms with van der Waals surface area (Å²) in [5, 5.41) is 13.1. The number of carboxylic acids is 1. The maximum atomic E-state index is 12.5. The lowest BCUT2D eigenvalue weighted by Gasteiger charge is -2.12. The molecule has 2 aromatic rings. The zero-order chi connectivity index (χ0) is 22.8. The molecule has 1 heterocycles. The number of hydrogen-bond donors (Lipinski definition) is 5. The van der Waals surface area contributed by atoms with E-state index in [9.17, 15) is 14.4 Å². The summed E-state index contributed by atoms with van der Waals surface area (Å²) in [7, 11) is 0. The molecule has 7 N–H and O–H groups in total. The SMILES string of the molecule is Nc1nc(N)c(C(=O)NC(=NCCCC(=O)O)NC(=O)OCc2ccccc2)nc1Cl. The second kappa shape index (κ2) is 11.3. The maximum absolute atomic E-state index is 12.5. The third kappa shape index (κ3) is 7.78. The normalized spacial score (nSPS) is 10.9. The van der Waals surface area contributed by atoms with Crippen LogP contribution in [0.4, 0.5) is 16.4 Å². The molecule has 0 fully saturated rings. The summed E-state index contributed by atoms with van der Waals surface area (Å²) in [6.07, 6.45) is -0.865. The monoisotopic (exact) mass is 449 g/mol. The number of carbonyl (C=O) groups is 3. The molecule has 164 valence electrons. The standard InChI is InChI=1S/C18H20ClN7O5/c19-13-15(21)24-14(20)12(23-13)16(29)25-17(22-8-4-7-11(27)28)26-18(30)31-9-10-5-2-1-3-6-10/h1-3,5-6H,4,7-9H2,(H,27,28)(H4,20,21,24)(H2,22,25,26,29,30). The van der Waals surface area contributed by atoms with Crippen molar-refractivity contribution in [1.82, 2.24) is 20.6 Å². The number of carbonyl (C=O) groups excluding carboxylic acids is 2. The number of anilines is 2. The van der Waals surface area contributed by atoms with Crippen LogP contribution in [0.5, 0.6) is 0 Å². The molecule has 2 rings (SSSR count). The van der Waals surface area contributed by atoms with Crippen LogP contribution >= 0.6 is 11.6 Å². The average Bonchev–Trinajstić information content (AvgIpc) is 2.72. The Morgan fingerprint density at radius 1 is 1.10 bits per heavy atom. The summed E-state index contributed by atoms with van der Waals surface area (Å²) in [6.45, 7) is -0.0105. The van der Waals surface area contributed by atoms with E-state index in [4.69, 9.17) is 32.9 Å².